The minimum absolute atomic E-state index is 0.149. The Labute approximate surface area is 144 Å². The minimum Gasteiger partial charge on any atom is -0.461 e. The molecule has 2 aliphatic heterocycles. The molecule has 0 N–H and O–H groups in total. The van der Waals surface area contributed by atoms with Crippen LogP contribution in [0.1, 0.15) is 27.3 Å². The van der Waals surface area contributed by atoms with Crippen LogP contribution in [0.3, 0.4) is 0 Å². The molecule has 4 rings (SSSR count). The number of furan rings is 1. The Morgan fingerprint density at radius 2 is 2.04 bits per heavy atom. The first kappa shape index (κ1) is 15.7. The van der Waals surface area contributed by atoms with E-state index in [1.54, 1.807) is 35.2 Å². The van der Waals surface area contributed by atoms with Gasteiger partial charge < -0.3 is 23.5 Å². The van der Waals surface area contributed by atoms with Gasteiger partial charge in [0, 0.05) is 18.5 Å². The molecule has 0 saturated carbocycles. The zero-order valence-electron chi connectivity index (χ0n) is 13.5. The Hall–Kier alpha value is -2.80. The summed E-state index contributed by atoms with van der Waals surface area (Å²) in [7, 11) is 0. The lowest BCUT2D eigenvalue weighted by molar-refractivity contribution is -0.00304. The van der Waals surface area contributed by atoms with Gasteiger partial charge in [0.25, 0.3) is 5.91 Å². The molecule has 25 heavy (non-hydrogen) atoms. The van der Waals surface area contributed by atoms with Crippen molar-refractivity contribution in [2.45, 2.75) is 12.5 Å². The summed E-state index contributed by atoms with van der Waals surface area (Å²) < 4.78 is 21.2. The third-order valence-electron chi connectivity index (χ3n) is 4.32. The second-order valence-electron chi connectivity index (χ2n) is 5.90. The average Bonchev–Trinajstić information content (AvgIpc) is 3.32. The zero-order chi connectivity index (χ0) is 17.2. The number of benzene rings is 1. The summed E-state index contributed by atoms with van der Waals surface area (Å²) >= 11 is 0. The standard InChI is InChI=1S/C18H17NO6/c20-14(15-2-1-6-23-15)9-13-10-22-7-5-19(13)18(21)12-3-4-16-17(8-12)25-11-24-16/h1-4,6,8,13H,5,7,9-11H2/t13-/m0/s1. The molecule has 1 amide bonds. The number of ketones is 1. The van der Waals surface area contributed by atoms with E-state index in [4.69, 9.17) is 18.6 Å². The number of hydrogen-bond acceptors (Lipinski definition) is 6. The van der Waals surface area contributed by atoms with Crippen LogP contribution in [0.15, 0.2) is 41.0 Å². The molecule has 0 unspecified atom stereocenters. The highest BCUT2D eigenvalue weighted by Gasteiger charge is 2.31. The monoisotopic (exact) mass is 343 g/mol. The van der Waals surface area contributed by atoms with E-state index >= 15 is 0 Å². The van der Waals surface area contributed by atoms with Crippen LogP contribution in [-0.4, -0.2) is 49.2 Å². The van der Waals surface area contributed by atoms with Crippen LogP contribution in [0.4, 0.5) is 0 Å². The number of amides is 1. The topological polar surface area (TPSA) is 78.2 Å². The number of fused-ring (bicyclic) bond motifs is 1. The Balaban J connectivity index is 1.52. The van der Waals surface area contributed by atoms with Crippen molar-refractivity contribution in [3.8, 4) is 11.5 Å². The predicted molar refractivity (Wildman–Crippen MR) is 85.9 cm³/mol. The summed E-state index contributed by atoms with van der Waals surface area (Å²) in [5.41, 5.74) is 0.501. The van der Waals surface area contributed by atoms with Crippen LogP contribution in [0.5, 0.6) is 11.5 Å². The molecule has 2 aliphatic rings. The summed E-state index contributed by atoms with van der Waals surface area (Å²) in [5, 5.41) is 0. The number of carbonyl (C=O) groups excluding carboxylic acids is 2. The van der Waals surface area contributed by atoms with Gasteiger partial charge in [-0.05, 0) is 30.3 Å². The summed E-state index contributed by atoms with van der Waals surface area (Å²) in [6, 6.07) is 8.06. The largest absolute Gasteiger partial charge is 0.461 e. The van der Waals surface area contributed by atoms with Gasteiger partial charge in [-0.15, -0.1) is 0 Å². The highest BCUT2D eigenvalue weighted by molar-refractivity contribution is 5.97. The van der Waals surface area contributed by atoms with Crippen LogP contribution < -0.4 is 9.47 Å². The fourth-order valence-corrected chi connectivity index (χ4v) is 3.04. The van der Waals surface area contributed by atoms with Crippen molar-refractivity contribution in [2.75, 3.05) is 26.6 Å². The van der Waals surface area contributed by atoms with Gasteiger partial charge >= 0.3 is 0 Å². The van der Waals surface area contributed by atoms with E-state index in [9.17, 15) is 9.59 Å². The lowest BCUT2D eigenvalue weighted by Crippen LogP contribution is -2.49. The fraction of sp³-hybridized carbons (Fsp3) is 0.333. The lowest BCUT2D eigenvalue weighted by atomic mass is 10.0. The molecule has 1 fully saturated rings. The second-order valence-corrected chi connectivity index (χ2v) is 5.90. The molecule has 0 aliphatic carbocycles. The maximum absolute atomic E-state index is 12.9. The van der Waals surface area contributed by atoms with E-state index in [0.29, 0.717) is 42.6 Å². The van der Waals surface area contributed by atoms with Crippen molar-refractivity contribution in [1.29, 1.82) is 0 Å². The van der Waals surface area contributed by atoms with Gasteiger partial charge in [0.1, 0.15) is 0 Å². The zero-order valence-corrected chi connectivity index (χ0v) is 13.5. The van der Waals surface area contributed by atoms with Gasteiger partial charge in [-0.25, -0.2) is 0 Å². The molecule has 1 saturated heterocycles. The molecule has 2 aromatic rings. The molecule has 0 bridgehead atoms. The highest BCUT2D eigenvalue weighted by atomic mass is 16.7. The average molecular weight is 343 g/mol. The number of hydrogen-bond donors (Lipinski definition) is 0. The first-order valence-corrected chi connectivity index (χ1v) is 8.07. The molecule has 0 radical (unpaired) electrons. The number of nitrogens with zero attached hydrogens (tertiary/aromatic N) is 1. The Morgan fingerprint density at radius 3 is 2.88 bits per heavy atom. The molecule has 1 aromatic heterocycles. The van der Waals surface area contributed by atoms with Crippen molar-refractivity contribution >= 4 is 11.7 Å². The molecule has 130 valence electrons. The summed E-state index contributed by atoms with van der Waals surface area (Å²) in [6.45, 7) is 1.36. The lowest BCUT2D eigenvalue weighted by Gasteiger charge is -2.35. The number of Topliss-reactive ketones (excluding diaryl/α,β-unsaturated/α-hetero) is 1. The molecule has 7 heteroatoms. The minimum atomic E-state index is -0.329. The van der Waals surface area contributed by atoms with Gasteiger partial charge in [-0.2, -0.15) is 0 Å². The third-order valence-corrected chi connectivity index (χ3v) is 4.32. The highest BCUT2D eigenvalue weighted by Crippen LogP contribution is 2.33. The van der Waals surface area contributed by atoms with Crippen molar-refractivity contribution in [3.63, 3.8) is 0 Å². The van der Waals surface area contributed by atoms with Gasteiger partial charge in [0.2, 0.25) is 6.79 Å². The molecule has 1 aromatic carbocycles. The van der Waals surface area contributed by atoms with Crippen LogP contribution in [-0.2, 0) is 4.74 Å². The quantitative estimate of drug-likeness (QED) is 0.792. The number of rotatable bonds is 4. The van der Waals surface area contributed by atoms with Gasteiger partial charge in [0.15, 0.2) is 23.0 Å². The van der Waals surface area contributed by atoms with E-state index in [0.717, 1.165) is 0 Å². The first-order chi connectivity index (χ1) is 12.2. The number of carbonyl (C=O) groups is 2. The molecule has 3 heterocycles. The normalized spacial score (nSPS) is 19.0. The summed E-state index contributed by atoms with van der Waals surface area (Å²) in [4.78, 5) is 26.9. The van der Waals surface area contributed by atoms with Gasteiger partial charge in [-0.3, -0.25) is 9.59 Å². The van der Waals surface area contributed by atoms with Crippen molar-refractivity contribution in [1.82, 2.24) is 4.90 Å². The van der Waals surface area contributed by atoms with Crippen LogP contribution >= 0.6 is 0 Å². The maximum atomic E-state index is 12.9. The van der Waals surface area contributed by atoms with Gasteiger partial charge in [-0.1, -0.05) is 0 Å². The summed E-state index contributed by atoms with van der Waals surface area (Å²) in [6.07, 6.45) is 1.62. The van der Waals surface area contributed by atoms with Crippen LogP contribution in [0.2, 0.25) is 0 Å². The second kappa shape index (κ2) is 6.60. The van der Waals surface area contributed by atoms with E-state index in [1.807, 2.05) is 0 Å². The van der Waals surface area contributed by atoms with Crippen molar-refractivity contribution in [3.05, 3.63) is 47.9 Å². The fourth-order valence-electron chi connectivity index (χ4n) is 3.04. The van der Waals surface area contributed by atoms with Gasteiger partial charge in [0.05, 0.1) is 25.5 Å². The van der Waals surface area contributed by atoms with Crippen LogP contribution in [0, 0.1) is 0 Å². The Bertz CT molecular complexity index is 785. The number of ether oxygens (including phenoxy) is 3. The van der Waals surface area contributed by atoms with Crippen molar-refractivity contribution < 1.29 is 28.2 Å². The Kier molecular flexibility index (Phi) is 4.15. The third kappa shape index (κ3) is 3.10. The summed E-state index contributed by atoms with van der Waals surface area (Å²) in [5.74, 6) is 1.18. The Morgan fingerprint density at radius 1 is 1.16 bits per heavy atom. The predicted octanol–water partition coefficient (Wildman–Crippen LogP) is 2.12. The van der Waals surface area contributed by atoms with Crippen molar-refractivity contribution in [2.24, 2.45) is 0 Å². The molecule has 1 atom stereocenters. The van der Waals surface area contributed by atoms with E-state index < -0.39 is 0 Å². The first-order valence-electron chi connectivity index (χ1n) is 8.07. The van der Waals surface area contributed by atoms with E-state index in [2.05, 4.69) is 0 Å². The van der Waals surface area contributed by atoms with E-state index in [-0.39, 0.29) is 30.9 Å². The molecule has 0 spiro atoms. The van der Waals surface area contributed by atoms with E-state index in [1.165, 1.54) is 6.26 Å². The SMILES string of the molecule is O=C(C[C@H]1COCCN1C(=O)c1ccc2c(c1)OCO2)c1ccco1. The number of morpholine rings is 1. The smallest absolute Gasteiger partial charge is 0.254 e. The molecular weight excluding hydrogens is 326 g/mol. The molecular formula is C18H17NO6. The van der Waals surface area contributed by atoms with Crippen LogP contribution in [0.25, 0.3) is 0 Å². The molecule has 7 nitrogen and oxygen atoms in total. The maximum Gasteiger partial charge on any atom is 0.254 e.